The molecule has 0 aromatic heterocycles. The van der Waals surface area contributed by atoms with Gasteiger partial charge in [-0.3, -0.25) is 0 Å². The van der Waals surface area contributed by atoms with E-state index in [0.29, 0.717) is 6.10 Å². The number of hydrogen-bond donors (Lipinski definition) is 0. The van der Waals surface area contributed by atoms with E-state index < -0.39 is 0 Å². The lowest BCUT2D eigenvalue weighted by atomic mass is 9.90. The van der Waals surface area contributed by atoms with Crippen molar-refractivity contribution in [2.75, 3.05) is 6.61 Å². The third-order valence-corrected chi connectivity index (χ3v) is 3.95. The highest BCUT2D eigenvalue weighted by Gasteiger charge is 2.23. The van der Waals surface area contributed by atoms with Crippen molar-refractivity contribution in [2.24, 2.45) is 11.8 Å². The summed E-state index contributed by atoms with van der Waals surface area (Å²) in [6, 6.07) is 0. The molecule has 0 N–H and O–H groups in total. The van der Waals surface area contributed by atoms with Crippen LogP contribution in [0.3, 0.4) is 0 Å². The minimum absolute atomic E-state index is 0.400. The van der Waals surface area contributed by atoms with Gasteiger partial charge in [0.15, 0.2) is 0 Å². The summed E-state index contributed by atoms with van der Waals surface area (Å²) in [6.45, 7) is 10.1. The lowest BCUT2D eigenvalue weighted by Gasteiger charge is -2.23. The first kappa shape index (κ1) is 13.8. The Morgan fingerprint density at radius 3 is 2.62 bits per heavy atom. The molecule has 1 nitrogen and oxygen atoms in total. The molecule has 0 aromatic rings. The Kier molecular flexibility index (Phi) is 6.12. The van der Waals surface area contributed by atoms with Gasteiger partial charge in [-0.15, -0.1) is 0 Å². The maximum absolute atomic E-state index is 6.06. The largest absolute Gasteiger partial charge is 0.374 e. The predicted molar refractivity (Wildman–Crippen MR) is 70.6 cm³/mol. The monoisotopic (exact) mass is 224 g/mol. The summed E-state index contributed by atoms with van der Waals surface area (Å²) in [4.78, 5) is 0. The molecule has 0 fully saturated rings. The van der Waals surface area contributed by atoms with E-state index >= 15 is 0 Å². The Balaban J connectivity index is 2.55. The van der Waals surface area contributed by atoms with Crippen molar-refractivity contribution in [3.05, 3.63) is 11.6 Å². The Bertz CT molecular complexity index is 219. The highest BCUT2D eigenvalue weighted by atomic mass is 16.5. The zero-order chi connectivity index (χ0) is 12.0. The average Bonchev–Trinajstić information content (AvgIpc) is 2.41. The normalized spacial score (nSPS) is 31.0. The summed E-state index contributed by atoms with van der Waals surface area (Å²) >= 11 is 0. The molecular weight excluding hydrogens is 196 g/mol. The Morgan fingerprint density at radius 1 is 1.25 bits per heavy atom. The maximum atomic E-state index is 6.06. The van der Waals surface area contributed by atoms with Crippen LogP contribution in [-0.2, 0) is 4.74 Å². The first-order valence-corrected chi connectivity index (χ1v) is 6.99. The molecule has 1 heteroatoms. The van der Waals surface area contributed by atoms with Gasteiger partial charge >= 0.3 is 0 Å². The van der Waals surface area contributed by atoms with Crippen LogP contribution < -0.4 is 0 Å². The molecule has 0 heterocycles. The Hall–Kier alpha value is -0.300. The fraction of sp³-hybridized carbons (Fsp3) is 0.867. The molecule has 0 spiro atoms. The molecule has 0 aliphatic heterocycles. The summed E-state index contributed by atoms with van der Waals surface area (Å²) in [5.74, 6) is 1.59. The highest BCUT2D eigenvalue weighted by molar-refractivity contribution is 5.11. The number of ether oxygens (including phenoxy) is 1. The first-order chi connectivity index (χ1) is 7.69. The summed E-state index contributed by atoms with van der Waals surface area (Å²) in [5, 5.41) is 0. The minimum atomic E-state index is 0.400. The van der Waals surface area contributed by atoms with Gasteiger partial charge in [-0.2, -0.15) is 0 Å². The van der Waals surface area contributed by atoms with Gasteiger partial charge in [-0.05, 0) is 43.1 Å². The number of hydrogen-bond acceptors (Lipinski definition) is 1. The summed E-state index contributed by atoms with van der Waals surface area (Å²) in [6.07, 6.45) is 8.85. The smallest absolute Gasteiger partial charge is 0.0787 e. The Labute approximate surface area is 101 Å². The van der Waals surface area contributed by atoms with E-state index in [4.69, 9.17) is 4.74 Å². The van der Waals surface area contributed by atoms with Crippen molar-refractivity contribution in [3.63, 3.8) is 0 Å². The summed E-state index contributed by atoms with van der Waals surface area (Å²) in [5.41, 5.74) is 1.53. The second kappa shape index (κ2) is 7.11. The van der Waals surface area contributed by atoms with Crippen molar-refractivity contribution in [1.29, 1.82) is 0 Å². The fourth-order valence-electron chi connectivity index (χ4n) is 2.34. The molecule has 1 aliphatic carbocycles. The standard InChI is InChI=1S/C15H28O/c1-5-7-10-16-15-11-13(4)12(3)8-9-14(15)6-2/h9,12-13,15H,5-8,10-11H2,1-4H3. The molecule has 1 aliphatic rings. The van der Waals surface area contributed by atoms with Crippen LogP contribution in [0.15, 0.2) is 11.6 Å². The van der Waals surface area contributed by atoms with E-state index in [1.165, 1.54) is 31.3 Å². The molecule has 0 saturated carbocycles. The first-order valence-electron chi connectivity index (χ1n) is 6.99. The van der Waals surface area contributed by atoms with Crippen LogP contribution in [0.5, 0.6) is 0 Å². The second-order valence-corrected chi connectivity index (χ2v) is 5.27. The van der Waals surface area contributed by atoms with E-state index in [9.17, 15) is 0 Å². The van der Waals surface area contributed by atoms with Gasteiger partial charge in [0.1, 0.15) is 0 Å². The van der Waals surface area contributed by atoms with Gasteiger partial charge in [0.05, 0.1) is 6.10 Å². The van der Waals surface area contributed by atoms with Gasteiger partial charge in [-0.1, -0.05) is 40.2 Å². The van der Waals surface area contributed by atoms with Crippen LogP contribution >= 0.6 is 0 Å². The average molecular weight is 224 g/mol. The van der Waals surface area contributed by atoms with Gasteiger partial charge in [0.2, 0.25) is 0 Å². The summed E-state index contributed by atoms with van der Waals surface area (Å²) in [7, 11) is 0. The van der Waals surface area contributed by atoms with Crippen LogP contribution in [-0.4, -0.2) is 12.7 Å². The third-order valence-electron chi connectivity index (χ3n) is 3.95. The van der Waals surface area contributed by atoms with Crippen LogP contribution in [0.25, 0.3) is 0 Å². The van der Waals surface area contributed by atoms with Gasteiger partial charge in [0, 0.05) is 6.61 Å². The molecule has 0 aromatic carbocycles. The quantitative estimate of drug-likeness (QED) is 0.491. The highest BCUT2D eigenvalue weighted by Crippen LogP contribution is 2.30. The van der Waals surface area contributed by atoms with E-state index in [2.05, 4.69) is 33.8 Å². The molecule has 0 amide bonds. The predicted octanol–water partition coefficient (Wildman–Crippen LogP) is 4.57. The molecular formula is C15H28O. The Morgan fingerprint density at radius 2 is 2.00 bits per heavy atom. The van der Waals surface area contributed by atoms with E-state index in [1.807, 2.05) is 0 Å². The molecule has 0 bridgehead atoms. The van der Waals surface area contributed by atoms with E-state index in [0.717, 1.165) is 24.9 Å². The zero-order valence-electron chi connectivity index (χ0n) is 11.5. The molecule has 16 heavy (non-hydrogen) atoms. The molecule has 0 saturated heterocycles. The number of unbranched alkanes of at least 4 members (excludes halogenated alkanes) is 1. The van der Waals surface area contributed by atoms with Crippen LogP contribution in [0.4, 0.5) is 0 Å². The van der Waals surface area contributed by atoms with Crippen molar-refractivity contribution >= 4 is 0 Å². The molecule has 94 valence electrons. The molecule has 0 radical (unpaired) electrons. The lowest BCUT2D eigenvalue weighted by molar-refractivity contribution is 0.0555. The van der Waals surface area contributed by atoms with E-state index in [-0.39, 0.29) is 0 Å². The zero-order valence-corrected chi connectivity index (χ0v) is 11.5. The maximum Gasteiger partial charge on any atom is 0.0787 e. The van der Waals surface area contributed by atoms with Crippen LogP contribution in [0.2, 0.25) is 0 Å². The number of allylic oxidation sites excluding steroid dienone is 1. The molecule has 3 unspecified atom stereocenters. The summed E-state index contributed by atoms with van der Waals surface area (Å²) < 4.78 is 6.06. The van der Waals surface area contributed by atoms with E-state index in [1.54, 1.807) is 0 Å². The third kappa shape index (κ3) is 3.93. The van der Waals surface area contributed by atoms with Gasteiger partial charge in [-0.25, -0.2) is 0 Å². The fourth-order valence-corrected chi connectivity index (χ4v) is 2.34. The van der Waals surface area contributed by atoms with Crippen molar-refractivity contribution in [1.82, 2.24) is 0 Å². The van der Waals surface area contributed by atoms with Gasteiger partial charge in [0.25, 0.3) is 0 Å². The van der Waals surface area contributed by atoms with Crippen LogP contribution in [0.1, 0.15) is 59.8 Å². The minimum Gasteiger partial charge on any atom is -0.374 e. The molecule has 3 atom stereocenters. The second-order valence-electron chi connectivity index (χ2n) is 5.27. The van der Waals surface area contributed by atoms with Crippen molar-refractivity contribution in [3.8, 4) is 0 Å². The van der Waals surface area contributed by atoms with Crippen molar-refractivity contribution < 1.29 is 4.74 Å². The SMILES string of the molecule is CCCCOC1CC(C)C(C)CC=C1CC. The van der Waals surface area contributed by atoms with Crippen LogP contribution in [0, 0.1) is 11.8 Å². The van der Waals surface area contributed by atoms with Gasteiger partial charge < -0.3 is 4.74 Å². The lowest BCUT2D eigenvalue weighted by Crippen LogP contribution is -2.20. The molecule has 1 rings (SSSR count). The van der Waals surface area contributed by atoms with Crippen molar-refractivity contribution in [2.45, 2.75) is 65.9 Å². The number of rotatable bonds is 5. The topological polar surface area (TPSA) is 9.23 Å².